The van der Waals surface area contributed by atoms with Gasteiger partial charge in [0.1, 0.15) is 0 Å². The van der Waals surface area contributed by atoms with Crippen molar-refractivity contribution in [1.29, 1.82) is 0 Å². The number of rotatable bonds is 14. The van der Waals surface area contributed by atoms with Crippen molar-refractivity contribution in [2.24, 2.45) is 5.92 Å². The molecule has 1 unspecified atom stereocenters. The summed E-state index contributed by atoms with van der Waals surface area (Å²) in [4.78, 5) is 36.2. The van der Waals surface area contributed by atoms with Crippen molar-refractivity contribution >= 4 is 17.7 Å². The zero-order valence-electron chi connectivity index (χ0n) is 15.3. The number of likely N-dealkylation sites (tertiary alicyclic amines) is 1. The molecule has 8 nitrogen and oxygen atoms in total. The highest BCUT2D eigenvalue weighted by atomic mass is 16.5. The number of hydrogen-bond donors (Lipinski definition) is 1. The first kappa shape index (κ1) is 21.5. The fourth-order valence-electron chi connectivity index (χ4n) is 2.37. The van der Waals surface area contributed by atoms with Gasteiger partial charge in [-0.25, -0.2) is 0 Å². The molecule has 1 rings (SSSR count). The Morgan fingerprint density at radius 3 is 2.36 bits per heavy atom. The molecule has 0 aromatic carbocycles. The number of hydrogen-bond acceptors (Lipinski definition) is 6. The predicted octanol–water partition coefficient (Wildman–Crippen LogP) is 0.348. The average molecular weight is 358 g/mol. The molecule has 0 aliphatic carbocycles. The molecule has 1 aliphatic heterocycles. The zero-order valence-corrected chi connectivity index (χ0v) is 15.3. The maximum absolute atomic E-state index is 11.7. The van der Waals surface area contributed by atoms with Crippen LogP contribution in [0, 0.1) is 5.92 Å². The highest BCUT2D eigenvalue weighted by Gasteiger charge is 2.35. The van der Waals surface area contributed by atoms with Crippen molar-refractivity contribution in [3.63, 3.8) is 0 Å². The van der Waals surface area contributed by atoms with E-state index in [1.807, 2.05) is 6.92 Å². The lowest BCUT2D eigenvalue weighted by Gasteiger charge is -2.14. The van der Waals surface area contributed by atoms with Crippen molar-refractivity contribution in [3.8, 4) is 0 Å². The summed E-state index contributed by atoms with van der Waals surface area (Å²) in [5.74, 6) is -0.813. The molecule has 8 heteroatoms. The quantitative estimate of drug-likeness (QED) is 0.356. The molecule has 0 radical (unpaired) electrons. The third-order valence-electron chi connectivity index (χ3n) is 3.77. The maximum atomic E-state index is 11.7. The van der Waals surface area contributed by atoms with E-state index in [9.17, 15) is 14.4 Å². The van der Waals surface area contributed by atoms with Crippen LogP contribution in [0.4, 0.5) is 0 Å². The standard InChI is InChI=1S/C17H30N2O6/c1-3-23-9-10-25-12-11-24-8-4-6-18-15(20)5-7-19-16(21)13-14(2)17(19)22/h14H,3-13H2,1-2H3,(H,18,20). The summed E-state index contributed by atoms with van der Waals surface area (Å²) in [6, 6.07) is 0. The molecule has 1 atom stereocenters. The molecule has 1 fully saturated rings. The summed E-state index contributed by atoms with van der Waals surface area (Å²) in [6.45, 7) is 7.74. The van der Waals surface area contributed by atoms with Gasteiger partial charge in [-0.3, -0.25) is 19.3 Å². The minimum Gasteiger partial charge on any atom is -0.379 e. The van der Waals surface area contributed by atoms with Crippen LogP contribution in [0.1, 0.15) is 33.1 Å². The first-order valence-electron chi connectivity index (χ1n) is 8.90. The van der Waals surface area contributed by atoms with Gasteiger partial charge in [0.25, 0.3) is 0 Å². The number of ether oxygens (including phenoxy) is 3. The van der Waals surface area contributed by atoms with Crippen LogP contribution < -0.4 is 5.32 Å². The Balaban J connectivity index is 1.92. The first-order valence-corrected chi connectivity index (χ1v) is 8.90. The van der Waals surface area contributed by atoms with Crippen LogP contribution in [-0.4, -0.2) is 75.4 Å². The Morgan fingerprint density at radius 1 is 1.12 bits per heavy atom. The molecule has 0 saturated carbocycles. The van der Waals surface area contributed by atoms with E-state index in [0.29, 0.717) is 52.6 Å². The van der Waals surface area contributed by atoms with Gasteiger partial charge < -0.3 is 19.5 Å². The molecule has 1 N–H and O–H groups in total. The zero-order chi connectivity index (χ0) is 18.5. The Bertz CT molecular complexity index is 429. The smallest absolute Gasteiger partial charge is 0.232 e. The monoisotopic (exact) mass is 358 g/mol. The molecule has 1 saturated heterocycles. The molecule has 1 heterocycles. The average Bonchev–Trinajstić information content (AvgIpc) is 2.83. The third kappa shape index (κ3) is 8.94. The third-order valence-corrected chi connectivity index (χ3v) is 3.77. The lowest BCUT2D eigenvalue weighted by Crippen LogP contribution is -2.35. The molecule has 0 bridgehead atoms. The summed E-state index contributed by atoms with van der Waals surface area (Å²) >= 11 is 0. The molecule has 0 aromatic heterocycles. The van der Waals surface area contributed by atoms with Crippen LogP contribution in [0.5, 0.6) is 0 Å². The van der Waals surface area contributed by atoms with E-state index >= 15 is 0 Å². The van der Waals surface area contributed by atoms with Gasteiger partial charge in [0, 0.05) is 45.1 Å². The second-order valence-corrected chi connectivity index (χ2v) is 5.86. The van der Waals surface area contributed by atoms with Gasteiger partial charge in [0.2, 0.25) is 17.7 Å². The van der Waals surface area contributed by atoms with Gasteiger partial charge in [0.15, 0.2) is 0 Å². The molecule has 0 spiro atoms. The van der Waals surface area contributed by atoms with E-state index in [4.69, 9.17) is 14.2 Å². The van der Waals surface area contributed by atoms with E-state index in [2.05, 4.69) is 5.32 Å². The number of imide groups is 1. The van der Waals surface area contributed by atoms with E-state index < -0.39 is 0 Å². The molecule has 0 aromatic rings. The van der Waals surface area contributed by atoms with Gasteiger partial charge in [-0.1, -0.05) is 6.92 Å². The van der Waals surface area contributed by atoms with Gasteiger partial charge in [-0.2, -0.15) is 0 Å². The molecule has 1 aliphatic rings. The first-order chi connectivity index (χ1) is 12.1. The molecule has 144 valence electrons. The lowest BCUT2D eigenvalue weighted by atomic mass is 10.1. The number of amides is 3. The Hall–Kier alpha value is -1.51. The number of nitrogens with zero attached hydrogens (tertiary/aromatic N) is 1. The van der Waals surface area contributed by atoms with Crippen LogP contribution in [-0.2, 0) is 28.6 Å². The van der Waals surface area contributed by atoms with Crippen LogP contribution in [0.25, 0.3) is 0 Å². The Morgan fingerprint density at radius 2 is 1.76 bits per heavy atom. The minimum absolute atomic E-state index is 0.138. The fourth-order valence-corrected chi connectivity index (χ4v) is 2.37. The van der Waals surface area contributed by atoms with E-state index in [1.54, 1.807) is 6.92 Å². The van der Waals surface area contributed by atoms with Crippen LogP contribution in [0.15, 0.2) is 0 Å². The van der Waals surface area contributed by atoms with Gasteiger partial charge in [-0.05, 0) is 13.3 Å². The Labute approximate surface area is 149 Å². The molecule has 25 heavy (non-hydrogen) atoms. The summed E-state index contributed by atoms with van der Waals surface area (Å²) in [6.07, 6.45) is 1.08. The predicted molar refractivity (Wildman–Crippen MR) is 90.9 cm³/mol. The lowest BCUT2D eigenvalue weighted by molar-refractivity contribution is -0.139. The van der Waals surface area contributed by atoms with Crippen molar-refractivity contribution in [2.45, 2.75) is 33.1 Å². The SMILES string of the molecule is CCOCCOCCOCCCNC(=O)CCN1C(=O)CC(C)C1=O. The van der Waals surface area contributed by atoms with Gasteiger partial charge >= 0.3 is 0 Å². The number of nitrogens with one attached hydrogen (secondary N) is 1. The molecule has 3 amide bonds. The summed E-state index contributed by atoms with van der Waals surface area (Å²) in [5.41, 5.74) is 0. The van der Waals surface area contributed by atoms with Crippen LogP contribution in [0.3, 0.4) is 0 Å². The van der Waals surface area contributed by atoms with Gasteiger partial charge in [0.05, 0.1) is 26.4 Å². The molecular formula is C17H30N2O6. The van der Waals surface area contributed by atoms with E-state index in [1.165, 1.54) is 4.90 Å². The number of carbonyl (C=O) groups is 3. The normalized spacial score (nSPS) is 17.4. The summed E-state index contributed by atoms with van der Waals surface area (Å²) in [7, 11) is 0. The summed E-state index contributed by atoms with van der Waals surface area (Å²) < 4.78 is 15.8. The fraction of sp³-hybridized carbons (Fsp3) is 0.824. The topological polar surface area (TPSA) is 94.2 Å². The van der Waals surface area contributed by atoms with Crippen molar-refractivity contribution in [2.75, 3.05) is 52.7 Å². The molecular weight excluding hydrogens is 328 g/mol. The largest absolute Gasteiger partial charge is 0.379 e. The van der Waals surface area contributed by atoms with E-state index in [-0.39, 0.29) is 43.0 Å². The van der Waals surface area contributed by atoms with Crippen molar-refractivity contribution in [3.05, 3.63) is 0 Å². The maximum Gasteiger partial charge on any atom is 0.232 e. The second-order valence-electron chi connectivity index (χ2n) is 5.86. The highest BCUT2D eigenvalue weighted by Crippen LogP contribution is 2.18. The van der Waals surface area contributed by atoms with E-state index in [0.717, 1.165) is 0 Å². The highest BCUT2D eigenvalue weighted by molar-refractivity contribution is 6.03. The van der Waals surface area contributed by atoms with Crippen LogP contribution >= 0.6 is 0 Å². The second kappa shape index (κ2) is 12.8. The minimum atomic E-state index is -0.268. The Kier molecular flexibility index (Phi) is 11.0. The van der Waals surface area contributed by atoms with Crippen molar-refractivity contribution in [1.82, 2.24) is 10.2 Å². The van der Waals surface area contributed by atoms with Crippen molar-refractivity contribution < 1.29 is 28.6 Å². The summed E-state index contributed by atoms with van der Waals surface area (Å²) in [5, 5.41) is 2.76. The van der Waals surface area contributed by atoms with Crippen LogP contribution in [0.2, 0.25) is 0 Å². The number of carbonyl (C=O) groups excluding carboxylic acids is 3. The van der Waals surface area contributed by atoms with Gasteiger partial charge in [-0.15, -0.1) is 0 Å².